The van der Waals surface area contributed by atoms with E-state index in [1.54, 1.807) is 12.1 Å². The van der Waals surface area contributed by atoms with Crippen LogP contribution >= 0.6 is 27.5 Å². The fourth-order valence-corrected chi connectivity index (χ4v) is 3.00. The summed E-state index contributed by atoms with van der Waals surface area (Å²) in [6.45, 7) is 0.775. The molecule has 1 unspecified atom stereocenters. The second kappa shape index (κ2) is 6.62. The SMILES string of the molecule is O=C(c1ccc(Br)c(O)c1)N1CCCCC1CCCl. The number of hydrogen-bond acceptors (Lipinski definition) is 2. The molecular weight excluding hydrogens is 330 g/mol. The summed E-state index contributed by atoms with van der Waals surface area (Å²) in [4.78, 5) is 14.4. The topological polar surface area (TPSA) is 40.5 Å². The maximum Gasteiger partial charge on any atom is 0.254 e. The molecule has 1 saturated heterocycles. The monoisotopic (exact) mass is 345 g/mol. The smallest absolute Gasteiger partial charge is 0.254 e. The van der Waals surface area contributed by atoms with Gasteiger partial charge in [0.15, 0.2) is 0 Å². The molecule has 1 aromatic rings. The lowest BCUT2D eigenvalue weighted by Crippen LogP contribution is -2.43. The first-order valence-electron chi connectivity index (χ1n) is 6.49. The fourth-order valence-electron chi connectivity index (χ4n) is 2.51. The van der Waals surface area contributed by atoms with Crippen molar-refractivity contribution in [3.05, 3.63) is 28.2 Å². The van der Waals surface area contributed by atoms with Gasteiger partial charge in [-0.05, 0) is 59.8 Å². The predicted molar refractivity (Wildman–Crippen MR) is 79.8 cm³/mol. The van der Waals surface area contributed by atoms with Gasteiger partial charge in [0.05, 0.1) is 4.47 Å². The highest BCUT2D eigenvalue weighted by Crippen LogP contribution is 2.27. The van der Waals surface area contributed by atoms with E-state index in [0.717, 1.165) is 32.2 Å². The molecule has 3 nitrogen and oxygen atoms in total. The van der Waals surface area contributed by atoms with E-state index in [9.17, 15) is 9.90 Å². The summed E-state index contributed by atoms with van der Waals surface area (Å²) in [5.74, 6) is 0.648. The van der Waals surface area contributed by atoms with E-state index in [2.05, 4.69) is 15.9 Å². The Hall–Kier alpha value is -0.740. The van der Waals surface area contributed by atoms with E-state index in [1.165, 1.54) is 6.07 Å². The van der Waals surface area contributed by atoms with Gasteiger partial charge in [-0.15, -0.1) is 11.6 Å². The Bertz CT molecular complexity index is 465. The largest absolute Gasteiger partial charge is 0.507 e. The van der Waals surface area contributed by atoms with Gasteiger partial charge in [-0.2, -0.15) is 0 Å². The number of piperidine rings is 1. The van der Waals surface area contributed by atoms with Crippen molar-refractivity contribution in [3.8, 4) is 5.75 Å². The van der Waals surface area contributed by atoms with Crippen LogP contribution in [0.1, 0.15) is 36.0 Å². The zero-order valence-electron chi connectivity index (χ0n) is 10.6. The van der Waals surface area contributed by atoms with Gasteiger partial charge < -0.3 is 10.0 Å². The van der Waals surface area contributed by atoms with Crippen molar-refractivity contribution < 1.29 is 9.90 Å². The molecule has 0 aliphatic carbocycles. The van der Waals surface area contributed by atoms with Crippen LogP contribution in [0.15, 0.2) is 22.7 Å². The normalized spacial score (nSPS) is 19.5. The molecule has 0 bridgehead atoms. The molecule has 104 valence electrons. The van der Waals surface area contributed by atoms with Crippen molar-refractivity contribution >= 4 is 33.4 Å². The Morgan fingerprint density at radius 3 is 2.95 bits per heavy atom. The summed E-state index contributed by atoms with van der Waals surface area (Å²) in [6, 6.07) is 5.17. The summed E-state index contributed by atoms with van der Waals surface area (Å²) in [5, 5.41) is 9.68. The van der Waals surface area contributed by atoms with Gasteiger partial charge >= 0.3 is 0 Å². The van der Waals surface area contributed by atoms with Crippen LogP contribution in [0.25, 0.3) is 0 Å². The molecule has 1 heterocycles. The van der Waals surface area contributed by atoms with Crippen LogP contribution in [0.3, 0.4) is 0 Å². The Morgan fingerprint density at radius 1 is 1.47 bits per heavy atom. The van der Waals surface area contributed by atoms with Crippen molar-refractivity contribution in [3.63, 3.8) is 0 Å². The van der Waals surface area contributed by atoms with Gasteiger partial charge in [-0.3, -0.25) is 4.79 Å². The van der Waals surface area contributed by atoms with Crippen LogP contribution in [0.5, 0.6) is 5.75 Å². The molecule has 1 aliphatic rings. The second-order valence-corrected chi connectivity index (χ2v) is 6.02. The minimum absolute atomic E-state index is 0.0161. The fraction of sp³-hybridized carbons (Fsp3) is 0.500. The highest BCUT2D eigenvalue weighted by Gasteiger charge is 2.27. The zero-order chi connectivity index (χ0) is 13.8. The third-order valence-corrected chi connectivity index (χ3v) is 4.41. The molecular formula is C14H17BrClNO2. The van der Waals surface area contributed by atoms with Gasteiger partial charge in [0, 0.05) is 24.0 Å². The third-order valence-electron chi connectivity index (χ3n) is 3.52. The molecule has 0 radical (unpaired) electrons. The van der Waals surface area contributed by atoms with Crippen LogP contribution < -0.4 is 0 Å². The first-order chi connectivity index (χ1) is 9.13. The third kappa shape index (κ3) is 3.42. The van der Waals surface area contributed by atoms with Crippen LogP contribution in [-0.4, -0.2) is 34.4 Å². The van der Waals surface area contributed by atoms with Crippen molar-refractivity contribution in [1.82, 2.24) is 4.90 Å². The number of halogens is 2. The molecule has 1 aromatic carbocycles. The van der Waals surface area contributed by atoms with Crippen molar-refractivity contribution in [2.75, 3.05) is 12.4 Å². The lowest BCUT2D eigenvalue weighted by atomic mass is 9.99. The van der Waals surface area contributed by atoms with E-state index < -0.39 is 0 Å². The Kier molecular flexibility index (Phi) is 5.11. The van der Waals surface area contributed by atoms with E-state index in [1.807, 2.05) is 4.90 Å². The summed E-state index contributed by atoms with van der Waals surface area (Å²) in [6.07, 6.45) is 4.03. The number of nitrogens with zero attached hydrogens (tertiary/aromatic N) is 1. The Morgan fingerprint density at radius 2 is 2.26 bits per heavy atom. The molecule has 2 rings (SSSR count). The van der Waals surface area contributed by atoms with E-state index >= 15 is 0 Å². The van der Waals surface area contributed by atoms with Crippen LogP contribution in [0, 0.1) is 0 Å². The van der Waals surface area contributed by atoms with Gasteiger partial charge in [0.2, 0.25) is 0 Å². The maximum absolute atomic E-state index is 12.5. The van der Waals surface area contributed by atoms with Gasteiger partial charge in [0.1, 0.15) is 5.75 Å². The van der Waals surface area contributed by atoms with E-state index in [4.69, 9.17) is 11.6 Å². The number of phenols is 1. The molecule has 1 atom stereocenters. The second-order valence-electron chi connectivity index (χ2n) is 4.79. The number of benzene rings is 1. The van der Waals surface area contributed by atoms with E-state index in [-0.39, 0.29) is 17.7 Å². The number of hydrogen-bond donors (Lipinski definition) is 1. The number of carbonyl (C=O) groups is 1. The Labute approximate surface area is 126 Å². The maximum atomic E-state index is 12.5. The average molecular weight is 347 g/mol. The standard InChI is InChI=1S/C14H17BrClNO2/c15-12-5-4-10(9-13(12)18)14(19)17-8-2-1-3-11(17)6-7-16/h4-5,9,11,18H,1-3,6-8H2. The van der Waals surface area contributed by atoms with Crippen molar-refractivity contribution in [2.24, 2.45) is 0 Å². The lowest BCUT2D eigenvalue weighted by molar-refractivity contribution is 0.0609. The van der Waals surface area contributed by atoms with Crippen LogP contribution in [0.4, 0.5) is 0 Å². The highest BCUT2D eigenvalue weighted by atomic mass is 79.9. The predicted octanol–water partition coefficient (Wildman–Crippen LogP) is 3.78. The number of rotatable bonds is 3. The molecule has 1 fully saturated rings. The van der Waals surface area contributed by atoms with Crippen molar-refractivity contribution in [1.29, 1.82) is 0 Å². The van der Waals surface area contributed by atoms with Gasteiger partial charge in [0.25, 0.3) is 5.91 Å². The molecule has 5 heteroatoms. The number of aromatic hydroxyl groups is 1. The quantitative estimate of drug-likeness (QED) is 0.846. The number of alkyl halides is 1. The molecule has 1 N–H and O–H groups in total. The summed E-state index contributed by atoms with van der Waals surface area (Å²) >= 11 is 9.03. The molecule has 0 saturated carbocycles. The molecule has 0 spiro atoms. The number of likely N-dealkylation sites (tertiary alicyclic amines) is 1. The number of carbonyl (C=O) groups excluding carboxylic acids is 1. The number of phenolic OH excluding ortho intramolecular Hbond substituents is 1. The minimum Gasteiger partial charge on any atom is -0.507 e. The zero-order valence-corrected chi connectivity index (χ0v) is 13.0. The molecule has 1 aliphatic heterocycles. The van der Waals surface area contributed by atoms with Crippen molar-refractivity contribution in [2.45, 2.75) is 31.7 Å². The molecule has 19 heavy (non-hydrogen) atoms. The highest BCUT2D eigenvalue weighted by molar-refractivity contribution is 9.10. The van der Waals surface area contributed by atoms with Crippen LogP contribution in [-0.2, 0) is 0 Å². The lowest BCUT2D eigenvalue weighted by Gasteiger charge is -2.35. The molecule has 0 aromatic heterocycles. The molecule has 1 amide bonds. The summed E-state index contributed by atoms with van der Waals surface area (Å²) in [7, 11) is 0. The Balaban J connectivity index is 2.18. The van der Waals surface area contributed by atoms with Gasteiger partial charge in [-0.25, -0.2) is 0 Å². The minimum atomic E-state index is -0.0161. The van der Waals surface area contributed by atoms with E-state index in [0.29, 0.717) is 15.9 Å². The first kappa shape index (κ1) is 14.7. The first-order valence-corrected chi connectivity index (χ1v) is 7.81. The van der Waals surface area contributed by atoms with Gasteiger partial charge in [-0.1, -0.05) is 0 Å². The number of amides is 1. The summed E-state index contributed by atoms with van der Waals surface area (Å²) in [5.41, 5.74) is 0.530. The summed E-state index contributed by atoms with van der Waals surface area (Å²) < 4.78 is 0.597. The average Bonchev–Trinajstić information content (AvgIpc) is 2.42. The van der Waals surface area contributed by atoms with Crippen LogP contribution in [0.2, 0.25) is 0 Å².